The molecule has 0 aliphatic carbocycles. The second-order valence-electron chi connectivity index (χ2n) is 5.70. The molecule has 3 aromatic rings. The van der Waals surface area contributed by atoms with Crippen LogP contribution in [0.15, 0.2) is 48.5 Å². The van der Waals surface area contributed by atoms with Gasteiger partial charge in [0.2, 0.25) is 0 Å². The number of nitrogens with zero attached hydrogens (tertiary/aromatic N) is 1. The number of aromatic nitrogens is 2. The van der Waals surface area contributed by atoms with Gasteiger partial charge in [-0.15, -0.1) is 0 Å². The zero-order chi connectivity index (χ0) is 19.9. The molecular weight excluding hydrogens is 361 g/mol. The van der Waals surface area contributed by atoms with Crippen LogP contribution in [-0.4, -0.2) is 36.9 Å². The third-order valence-corrected chi connectivity index (χ3v) is 3.94. The fraction of sp³-hybridized carbons (Fsp3) is 0.143. The van der Waals surface area contributed by atoms with Gasteiger partial charge in [0.15, 0.2) is 0 Å². The maximum absolute atomic E-state index is 13.5. The van der Waals surface area contributed by atoms with Crippen molar-refractivity contribution in [3.8, 4) is 34.6 Å². The van der Waals surface area contributed by atoms with E-state index in [-0.39, 0.29) is 23.7 Å². The normalized spacial score (nSPS) is 9.96. The number of halogens is 1. The molecule has 7 heteroatoms. The van der Waals surface area contributed by atoms with Crippen molar-refractivity contribution in [2.75, 3.05) is 20.8 Å². The largest absolute Gasteiger partial charge is 0.497 e. The van der Waals surface area contributed by atoms with Gasteiger partial charge in [-0.05, 0) is 36.4 Å². The number of H-pyrrole nitrogens is 1. The van der Waals surface area contributed by atoms with Crippen LogP contribution in [0.4, 0.5) is 4.39 Å². The Hall–Kier alpha value is -3.79. The molecule has 0 unspecified atom stereocenters. The summed E-state index contributed by atoms with van der Waals surface area (Å²) in [5.41, 5.74) is 1.79. The lowest BCUT2D eigenvalue weighted by Gasteiger charge is -2.08. The molecule has 142 valence electrons. The van der Waals surface area contributed by atoms with Crippen molar-refractivity contribution in [3.63, 3.8) is 0 Å². The molecule has 2 N–H and O–H groups in total. The minimum atomic E-state index is -0.397. The van der Waals surface area contributed by atoms with Crippen LogP contribution < -0.4 is 14.8 Å². The van der Waals surface area contributed by atoms with E-state index in [0.717, 1.165) is 0 Å². The van der Waals surface area contributed by atoms with Gasteiger partial charge in [-0.1, -0.05) is 24.0 Å². The number of rotatable bonds is 5. The minimum Gasteiger partial charge on any atom is -0.497 e. The number of hydrogen-bond acceptors (Lipinski definition) is 4. The van der Waals surface area contributed by atoms with E-state index in [9.17, 15) is 9.18 Å². The number of carbonyl (C=O) groups excluding carboxylic acids is 1. The molecule has 0 bridgehead atoms. The molecule has 0 aliphatic rings. The first-order valence-corrected chi connectivity index (χ1v) is 8.41. The highest BCUT2D eigenvalue weighted by atomic mass is 19.1. The lowest BCUT2D eigenvalue weighted by molar-refractivity contribution is 0.0953. The molecule has 0 spiro atoms. The van der Waals surface area contributed by atoms with Crippen molar-refractivity contribution in [2.24, 2.45) is 0 Å². The van der Waals surface area contributed by atoms with Gasteiger partial charge < -0.3 is 14.8 Å². The second kappa shape index (κ2) is 8.73. The summed E-state index contributed by atoms with van der Waals surface area (Å²) < 4.78 is 24.1. The highest BCUT2D eigenvalue weighted by molar-refractivity contribution is 5.93. The number of aromatic amines is 1. The topological polar surface area (TPSA) is 76.2 Å². The molecule has 1 aromatic heterocycles. The van der Waals surface area contributed by atoms with Gasteiger partial charge in [0.05, 0.1) is 32.0 Å². The van der Waals surface area contributed by atoms with E-state index in [4.69, 9.17) is 9.47 Å². The van der Waals surface area contributed by atoms with E-state index >= 15 is 0 Å². The predicted molar refractivity (Wildman–Crippen MR) is 103 cm³/mol. The summed E-state index contributed by atoms with van der Waals surface area (Å²) in [5.74, 6) is 5.89. The number of nitrogens with one attached hydrogen (secondary N) is 2. The Morgan fingerprint density at radius 3 is 2.75 bits per heavy atom. The molecule has 0 aliphatic heterocycles. The van der Waals surface area contributed by atoms with Gasteiger partial charge in [0.1, 0.15) is 23.0 Å². The summed E-state index contributed by atoms with van der Waals surface area (Å²) in [6.07, 6.45) is 0. The van der Waals surface area contributed by atoms with Crippen LogP contribution in [0.5, 0.6) is 11.5 Å². The summed E-state index contributed by atoms with van der Waals surface area (Å²) in [6.45, 7) is 0.0734. The molecule has 0 radical (unpaired) electrons. The molecule has 2 aromatic carbocycles. The first-order chi connectivity index (χ1) is 13.6. The Labute approximate surface area is 161 Å². The monoisotopic (exact) mass is 379 g/mol. The van der Waals surface area contributed by atoms with Crippen LogP contribution in [0, 0.1) is 17.7 Å². The number of carbonyl (C=O) groups is 1. The number of hydrogen-bond donors (Lipinski definition) is 2. The zero-order valence-electron chi connectivity index (χ0n) is 15.4. The molecule has 1 heterocycles. The molecular formula is C21H18FN3O3. The molecule has 0 atom stereocenters. The van der Waals surface area contributed by atoms with Crippen LogP contribution in [0.1, 0.15) is 16.1 Å². The summed E-state index contributed by atoms with van der Waals surface area (Å²) in [7, 11) is 3.12. The number of methoxy groups -OCH3 is 2. The van der Waals surface area contributed by atoms with E-state index in [1.165, 1.54) is 6.07 Å². The smallest absolute Gasteiger partial charge is 0.270 e. The molecule has 0 saturated heterocycles. The van der Waals surface area contributed by atoms with Crippen LogP contribution >= 0.6 is 0 Å². The van der Waals surface area contributed by atoms with Crippen LogP contribution in [0.25, 0.3) is 11.3 Å². The first kappa shape index (κ1) is 19.0. The standard InChI is InChI=1S/C21H18FN3O3/c1-27-15-9-10-20(28-2)16(12-15)18-13-19(25-24-18)21(26)23-11-5-7-14-6-3-4-8-17(14)22/h3-4,6,8-10,12-13H,11H2,1-2H3,(H,23,26)(H,24,25). The van der Waals surface area contributed by atoms with E-state index in [1.807, 2.05) is 0 Å². The number of amides is 1. The maximum atomic E-state index is 13.5. The van der Waals surface area contributed by atoms with Crippen LogP contribution in [-0.2, 0) is 0 Å². The fourth-order valence-electron chi connectivity index (χ4n) is 2.51. The lowest BCUT2D eigenvalue weighted by Crippen LogP contribution is -2.23. The van der Waals surface area contributed by atoms with Gasteiger partial charge in [-0.3, -0.25) is 9.89 Å². The first-order valence-electron chi connectivity index (χ1n) is 8.41. The molecule has 1 amide bonds. The van der Waals surface area contributed by atoms with Crippen molar-refractivity contribution >= 4 is 5.91 Å². The van der Waals surface area contributed by atoms with Crippen molar-refractivity contribution in [1.29, 1.82) is 0 Å². The Balaban J connectivity index is 1.69. The molecule has 28 heavy (non-hydrogen) atoms. The second-order valence-corrected chi connectivity index (χ2v) is 5.70. The highest BCUT2D eigenvalue weighted by Crippen LogP contribution is 2.32. The average Bonchev–Trinajstić information content (AvgIpc) is 3.22. The van der Waals surface area contributed by atoms with E-state index in [1.54, 1.807) is 56.7 Å². The zero-order valence-corrected chi connectivity index (χ0v) is 15.4. The van der Waals surface area contributed by atoms with Gasteiger partial charge in [0, 0.05) is 5.56 Å². The van der Waals surface area contributed by atoms with Gasteiger partial charge in [-0.25, -0.2) is 4.39 Å². The number of benzene rings is 2. The average molecular weight is 379 g/mol. The van der Waals surface area contributed by atoms with Crippen molar-refractivity contribution in [2.45, 2.75) is 0 Å². The van der Waals surface area contributed by atoms with Crippen molar-refractivity contribution in [3.05, 3.63) is 65.6 Å². The Kier molecular flexibility index (Phi) is 5.92. The predicted octanol–water partition coefficient (Wildman–Crippen LogP) is 3.01. The van der Waals surface area contributed by atoms with E-state index in [0.29, 0.717) is 22.8 Å². The van der Waals surface area contributed by atoms with Crippen LogP contribution in [0.3, 0.4) is 0 Å². The molecule has 0 fully saturated rings. The van der Waals surface area contributed by atoms with E-state index < -0.39 is 5.82 Å². The fourth-order valence-corrected chi connectivity index (χ4v) is 2.51. The summed E-state index contributed by atoms with van der Waals surface area (Å²) in [5, 5.41) is 9.51. The lowest BCUT2D eigenvalue weighted by atomic mass is 10.1. The summed E-state index contributed by atoms with van der Waals surface area (Å²) >= 11 is 0. The maximum Gasteiger partial charge on any atom is 0.270 e. The summed E-state index contributed by atoms with van der Waals surface area (Å²) in [6, 6.07) is 13.1. The minimum absolute atomic E-state index is 0.0734. The van der Waals surface area contributed by atoms with Crippen molar-refractivity contribution in [1.82, 2.24) is 15.5 Å². The Morgan fingerprint density at radius 1 is 1.18 bits per heavy atom. The third-order valence-electron chi connectivity index (χ3n) is 3.94. The SMILES string of the molecule is COc1ccc(OC)c(-c2cc(C(=O)NCC#Cc3ccccc3F)[nH]n2)c1. The third kappa shape index (κ3) is 4.30. The number of ether oxygens (including phenoxy) is 2. The van der Waals surface area contributed by atoms with Gasteiger partial charge >= 0.3 is 0 Å². The molecule has 3 rings (SSSR count). The van der Waals surface area contributed by atoms with Gasteiger partial charge in [0.25, 0.3) is 5.91 Å². The van der Waals surface area contributed by atoms with Crippen molar-refractivity contribution < 1.29 is 18.7 Å². The summed E-state index contributed by atoms with van der Waals surface area (Å²) in [4.78, 5) is 12.3. The molecule has 6 nitrogen and oxygen atoms in total. The van der Waals surface area contributed by atoms with Gasteiger partial charge in [-0.2, -0.15) is 5.10 Å². The Morgan fingerprint density at radius 2 is 2.00 bits per heavy atom. The highest BCUT2D eigenvalue weighted by Gasteiger charge is 2.14. The quantitative estimate of drug-likeness (QED) is 0.668. The molecule has 0 saturated carbocycles. The Bertz CT molecular complexity index is 1050. The van der Waals surface area contributed by atoms with E-state index in [2.05, 4.69) is 27.4 Å². The van der Waals surface area contributed by atoms with Crippen LogP contribution in [0.2, 0.25) is 0 Å².